The Kier molecular flexibility index (Phi) is 3.19. The molecule has 5 nitrogen and oxygen atoms in total. The molecule has 0 saturated heterocycles. The van der Waals surface area contributed by atoms with Gasteiger partial charge in [-0.25, -0.2) is 4.79 Å². The van der Waals surface area contributed by atoms with Crippen LogP contribution in [0.2, 0.25) is 0 Å². The minimum Gasteiger partial charge on any atom is -0.478 e. The number of hydrogen-bond donors (Lipinski definition) is 2. The van der Waals surface area contributed by atoms with Gasteiger partial charge in [-0.3, -0.25) is 4.68 Å². The number of nitrogens with one attached hydrogen (secondary N) is 1. The maximum Gasteiger partial charge on any atom is 0.339 e. The second-order valence-corrected chi connectivity index (χ2v) is 4.89. The number of rotatable bonds is 6. The van der Waals surface area contributed by atoms with Crippen LogP contribution in [-0.4, -0.2) is 27.4 Å². The molecule has 0 radical (unpaired) electrons. The van der Waals surface area contributed by atoms with Crippen molar-refractivity contribution in [3.63, 3.8) is 0 Å². The lowest BCUT2D eigenvalue weighted by Crippen LogP contribution is -2.25. The summed E-state index contributed by atoms with van der Waals surface area (Å²) in [4.78, 5) is 11.0. The van der Waals surface area contributed by atoms with Crippen LogP contribution in [0.1, 0.15) is 42.2 Å². The van der Waals surface area contributed by atoms with E-state index in [0.29, 0.717) is 17.5 Å². The lowest BCUT2D eigenvalue weighted by atomic mass is 10.0. The van der Waals surface area contributed by atoms with E-state index in [2.05, 4.69) is 17.3 Å². The van der Waals surface area contributed by atoms with Crippen molar-refractivity contribution in [1.82, 2.24) is 15.1 Å². The molecule has 1 heterocycles. The molecule has 0 bridgehead atoms. The van der Waals surface area contributed by atoms with Crippen molar-refractivity contribution in [2.45, 2.75) is 32.7 Å². The van der Waals surface area contributed by atoms with E-state index in [1.54, 1.807) is 11.7 Å². The van der Waals surface area contributed by atoms with Crippen molar-refractivity contribution in [1.29, 1.82) is 0 Å². The van der Waals surface area contributed by atoms with Crippen molar-refractivity contribution in [2.75, 3.05) is 6.54 Å². The number of carbonyl (C=O) groups is 1. The van der Waals surface area contributed by atoms with Crippen LogP contribution in [0.4, 0.5) is 0 Å². The first kappa shape index (κ1) is 12.1. The Morgan fingerprint density at radius 3 is 2.88 bits per heavy atom. The van der Waals surface area contributed by atoms with Gasteiger partial charge in [0, 0.05) is 20.1 Å². The number of carboxylic acid groups (broad SMARTS) is 1. The lowest BCUT2D eigenvalue weighted by molar-refractivity contribution is 0.0695. The quantitative estimate of drug-likeness (QED) is 0.784. The van der Waals surface area contributed by atoms with Crippen LogP contribution in [0.3, 0.4) is 0 Å². The number of aromatic nitrogens is 2. The second kappa shape index (κ2) is 4.49. The normalized spacial score (nSPS) is 17.1. The van der Waals surface area contributed by atoms with Gasteiger partial charge in [-0.05, 0) is 24.7 Å². The molecule has 17 heavy (non-hydrogen) atoms. The van der Waals surface area contributed by atoms with Gasteiger partial charge in [0.05, 0.1) is 11.9 Å². The molecule has 0 atom stereocenters. The Balaban J connectivity index is 1.94. The van der Waals surface area contributed by atoms with Crippen LogP contribution >= 0.6 is 0 Å². The number of carboxylic acids is 1. The van der Waals surface area contributed by atoms with E-state index < -0.39 is 5.97 Å². The smallest absolute Gasteiger partial charge is 0.339 e. The maximum atomic E-state index is 11.0. The Hall–Kier alpha value is -1.36. The van der Waals surface area contributed by atoms with Gasteiger partial charge in [-0.15, -0.1) is 0 Å². The molecule has 94 valence electrons. The fraction of sp³-hybridized carbons (Fsp3) is 0.667. The lowest BCUT2D eigenvalue weighted by Gasteiger charge is -2.13. The van der Waals surface area contributed by atoms with Gasteiger partial charge >= 0.3 is 5.97 Å². The molecule has 2 rings (SSSR count). The fourth-order valence-electron chi connectivity index (χ4n) is 2.13. The Labute approximate surface area is 101 Å². The third-order valence-corrected chi connectivity index (χ3v) is 3.79. The largest absolute Gasteiger partial charge is 0.478 e. The molecular weight excluding hydrogens is 218 g/mol. The first-order valence-electron chi connectivity index (χ1n) is 6.03. The Morgan fingerprint density at radius 1 is 1.65 bits per heavy atom. The van der Waals surface area contributed by atoms with Gasteiger partial charge in [0.1, 0.15) is 5.56 Å². The first-order valence-corrected chi connectivity index (χ1v) is 6.03. The van der Waals surface area contributed by atoms with Gasteiger partial charge in [-0.2, -0.15) is 5.10 Å². The summed E-state index contributed by atoms with van der Waals surface area (Å²) in [5, 5.41) is 16.4. The SMILES string of the molecule is CCC1(CNCc2c(C(=O)O)cnn2C)CC1. The zero-order valence-electron chi connectivity index (χ0n) is 10.4. The van der Waals surface area contributed by atoms with E-state index in [4.69, 9.17) is 5.11 Å². The molecule has 1 aliphatic rings. The van der Waals surface area contributed by atoms with Crippen molar-refractivity contribution in [3.8, 4) is 0 Å². The van der Waals surface area contributed by atoms with E-state index in [1.807, 2.05) is 0 Å². The second-order valence-electron chi connectivity index (χ2n) is 4.89. The fourth-order valence-corrected chi connectivity index (χ4v) is 2.13. The highest BCUT2D eigenvalue weighted by molar-refractivity contribution is 5.88. The summed E-state index contributed by atoms with van der Waals surface area (Å²) in [5.74, 6) is -0.911. The van der Waals surface area contributed by atoms with Gasteiger partial charge in [0.15, 0.2) is 0 Å². The van der Waals surface area contributed by atoms with Crippen LogP contribution in [0, 0.1) is 5.41 Å². The predicted octanol–water partition coefficient (Wildman–Crippen LogP) is 1.40. The van der Waals surface area contributed by atoms with E-state index in [1.165, 1.54) is 25.5 Å². The number of aryl methyl sites for hydroxylation is 1. The van der Waals surface area contributed by atoms with Crippen LogP contribution in [0.15, 0.2) is 6.20 Å². The first-order chi connectivity index (χ1) is 8.08. The van der Waals surface area contributed by atoms with Crippen LogP contribution in [0.25, 0.3) is 0 Å². The number of aromatic carboxylic acids is 1. The molecule has 1 aromatic rings. The average Bonchev–Trinajstić information content (AvgIpc) is 2.98. The van der Waals surface area contributed by atoms with Crippen LogP contribution in [0.5, 0.6) is 0 Å². The topological polar surface area (TPSA) is 67.2 Å². The Bertz CT molecular complexity index is 421. The summed E-state index contributed by atoms with van der Waals surface area (Å²) in [7, 11) is 1.77. The minimum absolute atomic E-state index is 0.293. The van der Waals surface area contributed by atoms with Gasteiger partial charge in [-0.1, -0.05) is 6.92 Å². The molecule has 0 unspecified atom stereocenters. The predicted molar refractivity (Wildman–Crippen MR) is 63.8 cm³/mol. The zero-order chi connectivity index (χ0) is 12.5. The summed E-state index contributed by atoms with van der Waals surface area (Å²) < 4.78 is 1.63. The van der Waals surface area contributed by atoms with Crippen molar-refractivity contribution in [2.24, 2.45) is 12.5 Å². The molecule has 5 heteroatoms. The maximum absolute atomic E-state index is 11.0. The highest BCUT2D eigenvalue weighted by Gasteiger charge is 2.39. The molecule has 2 N–H and O–H groups in total. The molecule has 1 aliphatic carbocycles. The molecule has 0 aromatic carbocycles. The molecular formula is C12H19N3O2. The molecule has 0 aliphatic heterocycles. The van der Waals surface area contributed by atoms with Crippen LogP contribution in [-0.2, 0) is 13.6 Å². The van der Waals surface area contributed by atoms with Crippen molar-refractivity contribution in [3.05, 3.63) is 17.5 Å². The summed E-state index contributed by atoms with van der Waals surface area (Å²) in [5.41, 5.74) is 1.51. The monoisotopic (exact) mass is 237 g/mol. The zero-order valence-corrected chi connectivity index (χ0v) is 10.4. The van der Waals surface area contributed by atoms with E-state index in [0.717, 1.165) is 12.2 Å². The summed E-state index contributed by atoms with van der Waals surface area (Å²) >= 11 is 0. The molecule has 1 aromatic heterocycles. The Morgan fingerprint density at radius 2 is 2.35 bits per heavy atom. The summed E-state index contributed by atoms with van der Waals surface area (Å²) in [6.45, 7) is 3.75. The summed E-state index contributed by atoms with van der Waals surface area (Å²) in [6.07, 6.45) is 5.17. The van der Waals surface area contributed by atoms with Crippen molar-refractivity contribution < 1.29 is 9.90 Å². The highest BCUT2D eigenvalue weighted by atomic mass is 16.4. The van der Waals surface area contributed by atoms with E-state index in [9.17, 15) is 4.79 Å². The van der Waals surface area contributed by atoms with Gasteiger partial charge < -0.3 is 10.4 Å². The van der Waals surface area contributed by atoms with Crippen molar-refractivity contribution >= 4 is 5.97 Å². The molecule has 0 amide bonds. The highest BCUT2D eigenvalue weighted by Crippen LogP contribution is 2.47. The average molecular weight is 237 g/mol. The van der Waals surface area contributed by atoms with Gasteiger partial charge in [0.2, 0.25) is 0 Å². The number of nitrogens with zero attached hydrogens (tertiary/aromatic N) is 2. The molecule has 0 spiro atoms. The summed E-state index contributed by atoms with van der Waals surface area (Å²) in [6, 6.07) is 0. The minimum atomic E-state index is -0.911. The van der Waals surface area contributed by atoms with E-state index >= 15 is 0 Å². The standard InChI is InChI=1S/C12H19N3O2/c1-3-12(4-5-12)8-13-7-10-9(11(16)17)6-14-15(10)2/h6,13H,3-5,7-8H2,1-2H3,(H,16,17). The third kappa shape index (κ3) is 2.49. The van der Waals surface area contributed by atoms with Gasteiger partial charge in [0.25, 0.3) is 0 Å². The number of hydrogen-bond acceptors (Lipinski definition) is 3. The molecule has 1 fully saturated rings. The third-order valence-electron chi connectivity index (χ3n) is 3.79. The van der Waals surface area contributed by atoms with Crippen LogP contribution < -0.4 is 5.32 Å². The van der Waals surface area contributed by atoms with E-state index in [-0.39, 0.29) is 0 Å². The molecule has 1 saturated carbocycles.